The van der Waals surface area contributed by atoms with Crippen molar-refractivity contribution in [2.45, 2.75) is 52.2 Å². The zero-order chi connectivity index (χ0) is 19.6. The van der Waals surface area contributed by atoms with Crippen molar-refractivity contribution in [3.8, 4) is 0 Å². The summed E-state index contributed by atoms with van der Waals surface area (Å²) in [6.45, 7) is 4.91. The maximum absolute atomic E-state index is 12.5. The van der Waals surface area contributed by atoms with Crippen molar-refractivity contribution >= 4 is 17.6 Å². The molecule has 1 aliphatic heterocycles. The third-order valence-corrected chi connectivity index (χ3v) is 6.08. The van der Waals surface area contributed by atoms with Crippen molar-refractivity contribution in [3.05, 3.63) is 39.9 Å². The highest BCUT2D eigenvalue weighted by Gasteiger charge is 2.42. The van der Waals surface area contributed by atoms with Crippen molar-refractivity contribution in [3.63, 3.8) is 0 Å². The van der Waals surface area contributed by atoms with Gasteiger partial charge in [-0.2, -0.15) is 0 Å². The fraction of sp³-hybridized carbons (Fsp3) is 0.600. The quantitative estimate of drug-likeness (QED) is 0.448. The van der Waals surface area contributed by atoms with Gasteiger partial charge in [-0.3, -0.25) is 19.7 Å². The molecule has 2 aliphatic rings. The summed E-state index contributed by atoms with van der Waals surface area (Å²) in [5.74, 6) is 0.265. The van der Waals surface area contributed by atoms with Gasteiger partial charge in [0.05, 0.1) is 10.8 Å². The molecule has 27 heavy (non-hydrogen) atoms. The minimum Gasteiger partial charge on any atom is -0.461 e. The molecule has 1 aromatic carbocycles. The Morgan fingerprint density at radius 2 is 1.96 bits per heavy atom. The molecule has 2 fully saturated rings. The van der Waals surface area contributed by atoms with Crippen LogP contribution in [0, 0.1) is 27.9 Å². The molecule has 7 nitrogen and oxygen atoms in total. The number of rotatable bonds is 5. The molecule has 0 radical (unpaired) electrons. The number of ether oxygens (including phenoxy) is 1. The molecule has 7 heteroatoms. The SMILES string of the molecule is C[C@@H]1[C@H](C)CCC[C@H]1N1C[C@H](C(=O)OCc2ccc([N+](=O)[O-])cc2)CC1=O. The molecule has 0 bridgehead atoms. The Balaban J connectivity index is 1.55. The third kappa shape index (κ3) is 4.28. The van der Waals surface area contributed by atoms with Gasteiger partial charge in [0.25, 0.3) is 5.69 Å². The predicted molar refractivity (Wildman–Crippen MR) is 98.7 cm³/mol. The number of carbonyl (C=O) groups excluding carboxylic acids is 2. The van der Waals surface area contributed by atoms with E-state index in [0.29, 0.717) is 23.9 Å². The standard InChI is InChI=1S/C20H26N2O5/c1-13-4-3-5-18(14(13)2)21-11-16(10-19(21)23)20(24)27-12-15-6-8-17(9-7-15)22(25)26/h6-9,13-14,16,18H,3-5,10-12H2,1-2H3/t13-,14-,16-,18-/m1/s1. The first kappa shape index (κ1) is 19.3. The minimum atomic E-state index is -0.471. The van der Waals surface area contributed by atoms with Crippen LogP contribution in [0.4, 0.5) is 5.69 Å². The van der Waals surface area contributed by atoms with Crippen molar-refractivity contribution in [1.82, 2.24) is 4.90 Å². The van der Waals surface area contributed by atoms with Crippen LogP contribution in [-0.4, -0.2) is 34.3 Å². The number of carbonyl (C=O) groups is 2. The number of amides is 1. The number of hydrogen-bond donors (Lipinski definition) is 0. The maximum Gasteiger partial charge on any atom is 0.311 e. The van der Waals surface area contributed by atoms with Gasteiger partial charge in [-0.1, -0.05) is 26.7 Å². The summed E-state index contributed by atoms with van der Waals surface area (Å²) < 4.78 is 5.36. The first-order chi connectivity index (χ1) is 12.9. The molecule has 0 spiro atoms. The lowest BCUT2D eigenvalue weighted by atomic mass is 9.77. The highest BCUT2D eigenvalue weighted by Crippen LogP contribution is 2.36. The van der Waals surface area contributed by atoms with Crippen LogP contribution in [0.2, 0.25) is 0 Å². The summed E-state index contributed by atoms with van der Waals surface area (Å²) in [5.41, 5.74) is 0.683. The fourth-order valence-electron chi connectivity index (χ4n) is 4.19. The molecule has 1 heterocycles. The van der Waals surface area contributed by atoms with E-state index in [2.05, 4.69) is 13.8 Å². The average Bonchev–Trinajstić information content (AvgIpc) is 3.04. The number of nitro groups is 1. The summed E-state index contributed by atoms with van der Waals surface area (Å²) in [4.78, 5) is 37.0. The van der Waals surface area contributed by atoms with E-state index in [0.717, 1.165) is 12.8 Å². The Morgan fingerprint density at radius 1 is 1.26 bits per heavy atom. The van der Waals surface area contributed by atoms with Gasteiger partial charge in [0.15, 0.2) is 0 Å². The van der Waals surface area contributed by atoms with Gasteiger partial charge in [0.2, 0.25) is 5.91 Å². The second kappa shape index (κ2) is 8.06. The Hall–Kier alpha value is -2.44. The second-order valence-corrected chi connectivity index (χ2v) is 7.81. The van der Waals surface area contributed by atoms with E-state index in [1.54, 1.807) is 12.1 Å². The van der Waals surface area contributed by atoms with E-state index in [1.807, 2.05) is 4.90 Å². The van der Waals surface area contributed by atoms with Crippen molar-refractivity contribution in [2.75, 3.05) is 6.54 Å². The van der Waals surface area contributed by atoms with Crippen LogP contribution in [0.1, 0.15) is 45.1 Å². The van der Waals surface area contributed by atoms with Crippen LogP contribution >= 0.6 is 0 Å². The van der Waals surface area contributed by atoms with Gasteiger partial charge in [0.1, 0.15) is 6.61 Å². The van der Waals surface area contributed by atoms with E-state index >= 15 is 0 Å². The van der Waals surface area contributed by atoms with E-state index < -0.39 is 10.8 Å². The van der Waals surface area contributed by atoms with Gasteiger partial charge in [-0.15, -0.1) is 0 Å². The predicted octanol–water partition coefficient (Wildman–Crippen LogP) is 3.31. The molecule has 0 unspecified atom stereocenters. The van der Waals surface area contributed by atoms with E-state index in [1.165, 1.54) is 18.6 Å². The largest absolute Gasteiger partial charge is 0.461 e. The van der Waals surface area contributed by atoms with Crippen LogP contribution in [-0.2, 0) is 20.9 Å². The molecule has 3 rings (SSSR count). The molecule has 0 aromatic heterocycles. The highest BCUT2D eigenvalue weighted by atomic mass is 16.6. The van der Waals surface area contributed by atoms with Crippen LogP contribution < -0.4 is 0 Å². The molecule has 1 amide bonds. The summed E-state index contributed by atoms with van der Waals surface area (Å²) >= 11 is 0. The zero-order valence-electron chi connectivity index (χ0n) is 15.8. The molecular formula is C20H26N2O5. The second-order valence-electron chi connectivity index (χ2n) is 7.81. The Morgan fingerprint density at radius 3 is 2.63 bits per heavy atom. The third-order valence-electron chi connectivity index (χ3n) is 6.08. The van der Waals surface area contributed by atoms with Crippen LogP contribution in [0.25, 0.3) is 0 Å². The van der Waals surface area contributed by atoms with Crippen LogP contribution in [0.15, 0.2) is 24.3 Å². The van der Waals surface area contributed by atoms with Gasteiger partial charge in [-0.05, 0) is 36.0 Å². The van der Waals surface area contributed by atoms with E-state index in [-0.39, 0.29) is 36.6 Å². The first-order valence-electron chi connectivity index (χ1n) is 9.56. The molecule has 146 valence electrons. The Bertz CT molecular complexity index is 718. The molecule has 0 N–H and O–H groups in total. The highest BCUT2D eigenvalue weighted by molar-refractivity contribution is 5.87. The lowest BCUT2D eigenvalue weighted by Gasteiger charge is -2.39. The monoisotopic (exact) mass is 374 g/mol. The topological polar surface area (TPSA) is 89.8 Å². The summed E-state index contributed by atoms with van der Waals surface area (Å²) in [5, 5.41) is 10.7. The molecule has 1 aliphatic carbocycles. The normalized spacial score (nSPS) is 28.2. The van der Waals surface area contributed by atoms with Crippen molar-refractivity contribution in [1.29, 1.82) is 0 Å². The number of benzene rings is 1. The minimum absolute atomic E-state index is 0.00191. The number of nitrogens with zero attached hydrogens (tertiary/aromatic N) is 2. The van der Waals surface area contributed by atoms with Gasteiger partial charge in [-0.25, -0.2) is 0 Å². The molecule has 1 saturated heterocycles. The molecule has 1 aromatic rings. The molecule has 1 saturated carbocycles. The summed E-state index contributed by atoms with van der Waals surface area (Å²) in [6.07, 6.45) is 3.52. The number of nitro benzene ring substituents is 1. The lowest BCUT2D eigenvalue weighted by Crippen LogP contribution is -2.45. The smallest absolute Gasteiger partial charge is 0.311 e. The van der Waals surface area contributed by atoms with Gasteiger partial charge < -0.3 is 9.64 Å². The van der Waals surface area contributed by atoms with Crippen molar-refractivity contribution < 1.29 is 19.2 Å². The first-order valence-corrected chi connectivity index (χ1v) is 9.56. The molecular weight excluding hydrogens is 348 g/mol. The zero-order valence-corrected chi connectivity index (χ0v) is 15.8. The fourth-order valence-corrected chi connectivity index (χ4v) is 4.19. The van der Waals surface area contributed by atoms with Crippen molar-refractivity contribution in [2.24, 2.45) is 17.8 Å². The Kier molecular flexibility index (Phi) is 5.77. The van der Waals surface area contributed by atoms with E-state index in [9.17, 15) is 19.7 Å². The number of hydrogen-bond acceptors (Lipinski definition) is 5. The molecule has 4 atom stereocenters. The van der Waals surface area contributed by atoms with Gasteiger partial charge in [0, 0.05) is 31.1 Å². The van der Waals surface area contributed by atoms with Crippen LogP contribution in [0.5, 0.6) is 0 Å². The number of non-ortho nitro benzene ring substituents is 1. The Labute approximate surface area is 158 Å². The average molecular weight is 374 g/mol. The summed E-state index contributed by atoms with van der Waals surface area (Å²) in [7, 11) is 0. The lowest BCUT2D eigenvalue weighted by molar-refractivity contribution is -0.384. The number of likely N-dealkylation sites (tertiary alicyclic amines) is 1. The van der Waals surface area contributed by atoms with E-state index in [4.69, 9.17) is 4.74 Å². The summed E-state index contributed by atoms with van der Waals surface area (Å²) in [6, 6.07) is 6.13. The maximum atomic E-state index is 12.5. The van der Waals surface area contributed by atoms with Crippen LogP contribution in [0.3, 0.4) is 0 Å². The van der Waals surface area contributed by atoms with Gasteiger partial charge >= 0.3 is 5.97 Å². The number of esters is 1.